The second-order valence-corrected chi connectivity index (χ2v) is 18.9. The normalized spacial score (nSPS) is 12.2. The van der Waals surface area contributed by atoms with Crippen molar-refractivity contribution in [2.24, 2.45) is 21.1 Å². The van der Waals surface area contributed by atoms with E-state index < -0.39 is 0 Å². The Bertz CT molecular complexity index is 2410. The quantitative estimate of drug-likeness (QED) is 0.155. The first-order valence-electron chi connectivity index (χ1n) is 19.3. The average Bonchev–Trinajstić information content (AvgIpc) is 4.04. The summed E-state index contributed by atoms with van der Waals surface area (Å²) < 4.78 is 6.39. The van der Waals surface area contributed by atoms with Gasteiger partial charge in [-0.1, -0.05) is 55.5 Å². The van der Waals surface area contributed by atoms with Crippen molar-refractivity contribution in [2.45, 2.75) is 19.9 Å². The molecule has 1 unspecified atom stereocenters. The number of halogens is 6. The average molecular weight is 1120 g/mol. The van der Waals surface area contributed by atoms with Crippen molar-refractivity contribution < 1.29 is 39.4 Å². The summed E-state index contributed by atoms with van der Waals surface area (Å²) in [6.07, 6.45) is 13.5. The fourth-order valence-corrected chi connectivity index (χ4v) is 6.58. The van der Waals surface area contributed by atoms with Gasteiger partial charge in [0.1, 0.15) is 0 Å². The van der Waals surface area contributed by atoms with Gasteiger partial charge in [-0.25, -0.2) is 0 Å². The van der Waals surface area contributed by atoms with E-state index in [0.29, 0.717) is 0 Å². The first-order chi connectivity index (χ1) is 31.6. The Kier molecular flexibility index (Phi) is 24.6. The summed E-state index contributed by atoms with van der Waals surface area (Å²) >= 11 is 0.583. The molecule has 9 nitrogen and oxygen atoms in total. The molecule has 0 N–H and O–H groups in total. The van der Waals surface area contributed by atoms with E-state index in [1.165, 1.54) is 0 Å². The van der Waals surface area contributed by atoms with E-state index in [0.717, 1.165) is 74.0 Å². The number of hydrogen-bond donors (Lipinski definition) is 0. The van der Waals surface area contributed by atoms with Crippen molar-refractivity contribution in [3.63, 3.8) is 0 Å². The molecule has 0 fully saturated rings. The van der Waals surface area contributed by atoms with E-state index in [1.807, 2.05) is 137 Å². The van der Waals surface area contributed by atoms with Crippen LogP contribution in [0.1, 0.15) is 18.3 Å². The molecule has 1 aliphatic rings. The van der Waals surface area contributed by atoms with Gasteiger partial charge in [-0.3, -0.25) is 24.9 Å². The van der Waals surface area contributed by atoms with Gasteiger partial charge in [0.05, 0.1) is 56.9 Å². The number of aryl methyl sites for hydroxylation is 1. The summed E-state index contributed by atoms with van der Waals surface area (Å²) in [5, 5.41) is 4.67. The standard InChI is InChI=1S/C17H18N3.2C15H13N3.6ClH.3Fe/c1-12-6-4-8-14(18-12)16-10-11-17(20(16)3)15-9-5-7-13(2)19-15;2*1-18-14(12-6-2-4-10-16-12)8-9-15(18)13-7-3-5-11-17-13;;;;;;;;;/h4-12H,1-3H3;2*2-11H,1H3;6*1H;;;/q-1;;;;;;;;;2*+2;+3/p-6. The number of aromatic nitrogens is 8. The van der Waals surface area contributed by atoms with Crippen LogP contribution in [0.5, 0.6) is 0 Å². The van der Waals surface area contributed by atoms with Crippen LogP contribution in [0, 0.1) is 6.92 Å². The molecule has 0 aromatic carbocycles. The minimum absolute atomic E-state index is 0.194. The zero-order valence-corrected chi connectivity index (χ0v) is 43.4. The zero-order valence-electron chi connectivity index (χ0n) is 35.6. The van der Waals surface area contributed by atoms with Crippen LogP contribution in [0.15, 0.2) is 170 Å². The van der Waals surface area contributed by atoms with Crippen molar-refractivity contribution in [1.29, 1.82) is 0 Å². The third kappa shape index (κ3) is 16.5. The van der Waals surface area contributed by atoms with Crippen LogP contribution in [-0.2, 0) is 60.5 Å². The molecule has 1 atom stereocenters. The second-order valence-electron chi connectivity index (χ2n) is 13.5. The predicted octanol–water partition coefficient (Wildman–Crippen LogP) is 14.5. The Morgan fingerprint density at radius 2 is 0.815 bits per heavy atom. The van der Waals surface area contributed by atoms with Crippen molar-refractivity contribution in [1.82, 2.24) is 38.6 Å². The van der Waals surface area contributed by atoms with Gasteiger partial charge in [0, 0.05) is 57.3 Å². The molecule has 9 rings (SSSR count). The third-order valence-electron chi connectivity index (χ3n) is 9.47. The van der Waals surface area contributed by atoms with E-state index >= 15 is 0 Å². The summed E-state index contributed by atoms with van der Waals surface area (Å²) in [5.74, 6) is 0. The SMILES string of the molecule is Cc1cccc(-c2ccc(C3=CC=CC(C)[N-]3)n2C)n1.Cn1c(-c2ccccn2)ccc1-c1ccccn1.Cn1c(-c2ccccn2)ccc1-c1ccccn1.[Cl][Fe+][Cl].[Cl][Fe][Cl].[Cl][Fe][Cl]. The first kappa shape index (κ1) is 53.8. The number of allylic oxidation sites excluding steroid dienone is 2. The Morgan fingerprint density at radius 1 is 0.492 bits per heavy atom. The van der Waals surface area contributed by atoms with Gasteiger partial charge in [0.2, 0.25) is 0 Å². The molecule has 343 valence electrons. The van der Waals surface area contributed by atoms with E-state index in [4.69, 9.17) is 60.6 Å². The Morgan fingerprint density at radius 3 is 1.14 bits per heavy atom. The van der Waals surface area contributed by atoms with Gasteiger partial charge >= 0.3 is 100.0 Å². The Balaban J connectivity index is 0.000000195. The Hall–Kier alpha value is -3.83. The van der Waals surface area contributed by atoms with Crippen molar-refractivity contribution in [2.75, 3.05) is 0 Å². The molecular formula is C47H44Cl6Fe3N9. The van der Waals surface area contributed by atoms with Crippen LogP contribution >= 0.6 is 60.6 Å². The number of pyridine rings is 5. The summed E-state index contributed by atoms with van der Waals surface area (Å²) in [6.45, 7) is 4.11. The van der Waals surface area contributed by atoms with E-state index in [1.54, 1.807) is 0 Å². The van der Waals surface area contributed by atoms with Gasteiger partial charge in [0.15, 0.2) is 0 Å². The number of rotatable bonds is 6. The molecule has 0 saturated carbocycles. The second kappa shape index (κ2) is 29.7. The molecule has 0 radical (unpaired) electrons. The van der Waals surface area contributed by atoms with Crippen LogP contribution in [0.4, 0.5) is 0 Å². The van der Waals surface area contributed by atoms with E-state index in [2.05, 4.69) is 113 Å². The molecule has 65 heavy (non-hydrogen) atoms. The number of hydrogen-bond acceptors (Lipinski definition) is 5. The van der Waals surface area contributed by atoms with E-state index in [-0.39, 0.29) is 45.4 Å². The van der Waals surface area contributed by atoms with Gasteiger partial charge in [0.25, 0.3) is 0 Å². The van der Waals surface area contributed by atoms with Crippen LogP contribution in [0.3, 0.4) is 0 Å². The molecule has 0 bridgehead atoms. The fraction of sp³-hybridized carbons (Fsp3) is 0.128. The molecule has 8 aromatic rings. The van der Waals surface area contributed by atoms with E-state index in [9.17, 15) is 0 Å². The molecule has 8 aromatic heterocycles. The minimum atomic E-state index is 0.194. The fourth-order valence-electron chi connectivity index (χ4n) is 6.58. The van der Waals surface area contributed by atoms with Crippen molar-refractivity contribution in [3.05, 3.63) is 187 Å². The molecule has 18 heteroatoms. The van der Waals surface area contributed by atoms with Gasteiger partial charge in [-0.2, -0.15) is 0 Å². The van der Waals surface area contributed by atoms with Crippen molar-refractivity contribution in [3.8, 4) is 56.9 Å². The summed E-state index contributed by atoms with van der Waals surface area (Å²) in [4.78, 5) is 22.1. The van der Waals surface area contributed by atoms with Crippen molar-refractivity contribution >= 4 is 66.3 Å². The van der Waals surface area contributed by atoms with Crippen LogP contribution in [0.25, 0.3) is 68.0 Å². The monoisotopic (exact) mass is 1110 g/mol. The Labute approximate surface area is 425 Å². The van der Waals surface area contributed by atoms with Crippen LogP contribution in [0.2, 0.25) is 0 Å². The van der Waals surface area contributed by atoms with Gasteiger partial charge in [-0.15, -0.1) is 11.7 Å². The van der Waals surface area contributed by atoms with Crippen LogP contribution in [-0.4, -0.2) is 44.7 Å². The predicted molar refractivity (Wildman–Crippen MR) is 262 cm³/mol. The summed E-state index contributed by atoms with van der Waals surface area (Å²) in [6, 6.07) is 42.6. The zero-order chi connectivity index (χ0) is 47.0. The molecule has 0 amide bonds. The number of nitrogens with zero attached hydrogens (tertiary/aromatic N) is 9. The molecular weight excluding hydrogens is 1070 g/mol. The van der Waals surface area contributed by atoms with Crippen LogP contribution < -0.4 is 0 Å². The summed E-state index contributed by atoms with van der Waals surface area (Å²) in [7, 11) is 34.7. The maximum absolute atomic E-state index is 4.76. The molecule has 0 aliphatic carbocycles. The maximum atomic E-state index is 4.76. The molecule has 0 spiro atoms. The molecule has 0 saturated heterocycles. The summed E-state index contributed by atoms with van der Waals surface area (Å²) in [5.41, 5.74) is 13.6. The topological polar surface area (TPSA) is 93.3 Å². The molecule has 9 heterocycles. The first-order valence-corrected chi connectivity index (χ1v) is 28.5. The third-order valence-corrected chi connectivity index (χ3v) is 9.47. The molecule has 1 aliphatic heterocycles. The van der Waals surface area contributed by atoms with Gasteiger partial charge in [-0.05, 0) is 104 Å². The van der Waals surface area contributed by atoms with Gasteiger partial charge < -0.3 is 19.0 Å².